The molecule has 0 spiro atoms. The zero-order valence-corrected chi connectivity index (χ0v) is 6.75. The molecule has 3 heteroatoms. The van der Waals surface area contributed by atoms with Crippen molar-refractivity contribution in [2.75, 3.05) is 0 Å². The van der Waals surface area contributed by atoms with E-state index < -0.39 is 11.9 Å². The van der Waals surface area contributed by atoms with E-state index in [-0.39, 0.29) is 11.3 Å². The van der Waals surface area contributed by atoms with Crippen LogP contribution in [0.25, 0.3) is 0 Å². The van der Waals surface area contributed by atoms with E-state index in [2.05, 4.69) is 0 Å². The largest absolute Gasteiger partial charge is 0.318 e. The van der Waals surface area contributed by atoms with Gasteiger partial charge in [0.25, 0.3) is 0 Å². The molecule has 64 valence electrons. The molecule has 0 aliphatic carbocycles. The minimum absolute atomic E-state index is 0.236. The number of hydrogen-bond donors (Lipinski definition) is 1. The SMILES string of the molecule is CC(=O)[C@H](N)c1ccccc1F. The first-order valence-corrected chi connectivity index (χ1v) is 3.63. The van der Waals surface area contributed by atoms with E-state index in [9.17, 15) is 9.18 Å². The maximum atomic E-state index is 13.0. The summed E-state index contributed by atoms with van der Waals surface area (Å²) in [5.74, 6) is -0.666. The first-order chi connectivity index (χ1) is 5.63. The molecule has 2 N–H and O–H groups in total. The summed E-state index contributed by atoms with van der Waals surface area (Å²) >= 11 is 0. The van der Waals surface area contributed by atoms with Crippen molar-refractivity contribution in [3.63, 3.8) is 0 Å². The zero-order chi connectivity index (χ0) is 9.14. The summed E-state index contributed by atoms with van der Waals surface area (Å²) in [6.45, 7) is 1.34. The number of carbonyl (C=O) groups is 1. The van der Waals surface area contributed by atoms with Crippen molar-refractivity contribution in [3.05, 3.63) is 35.6 Å². The van der Waals surface area contributed by atoms with Gasteiger partial charge in [0.05, 0.1) is 6.04 Å². The van der Waals surface area contributed by atoms with Crippen LogP contribution < -0.4 is 5.73 Å². The molecule has 0 fully saturated rings. The molecule has 0 heterocycles. The second-order valence-electron chi connectivity index (χ2n) is 2.61. The van der Waals surface area contributed by atoms with Gasteiger partial charge in [-0.3, -0.25) is 4.79 Å². The van der Waals surface area contributed by atoms with E-state index >= 15 is 0 Å². The molecule has 12 heavy (non-hydrogen) atoms. The van der Waals surface area contributed by atoms with Crippen molar-refractivity contribution in [2.24, 2.45) is 5.73 Å². The molecule has 0 bridgehead atoms. The summed E-state index contributed by atoms with van der Waals surface area (Å²) in [5.41, 5.74) is 5.70. The molecule has 1 aromatic carbocycles. The van der Waals surface area contributed by atoms with Gasteiger partial charge < -0.3 is 5.73 Å². The summed E-state index contributed by atoms with van der Waals surface area (Å²) < 4.78 is 13.0. The van der Waals surface area contributed by atoms with Crippen molar-refractivity contribution in [1.82, 2.24) is 0 Å². The van der Waals surface area contributed by atoms with Crippen molar-refractivity contribution >= 4 is 5.78 Å². The van der Waals surface area contributed by atoms with Crippen molar-refractivity contribution in [2.45, 2.75) is 13.0 Å². The Labute approximate surface area is 70.2 Å². The highest BCUT2D eigenvalue weighted by Gasteiger charge is 2.14. The quantitative estimate of drug-likeness (QED) is 0.723. The third-order valence-corrected chi connectivity index (χ3v) is 1.68. The minimum atomic E-state index is -0.841. The predicted molar refractivity (Wildman–Crippen MR) is 44.0 cm³/mol. The van der Waals surface area contributed by atoms with Gasteiger partial charge in [-0.2, -0.15) is 0 Å². The molecule has 0 amide bonds. The van der Waals surface area contributed by atoms with Crippen LogP contribution in [0.3, 0.4) is 0 Å². The predicted octanol–water partition coefficient (Wildman–Crippen LogP) is 1.41. The Kier molecular flexibility index (Phi) is 2.55. The van der Waals surface area contributed by atoms with Gasteiger partial charge in [-0.1, -0.05) is 18.2 Å². The topological polar surface area (TPSA) is 43.1 Å². The lowest BCUT2D eigenvalue weighted by Crippen LogP contribution is -2.19. The Bertz CT molecular complexity index is 298. The Morgan fingerprint density at radius 3 is 2.58 bits per heavy atom. The van der Waals surface area contributed by atoms with E-state index in [4.69, 9.17) is 5.73 Å². The molecule has 0 saturated heterocycles. The third kappa shape index (κ3) is 1.68. The highest BCUT2D eigenvalue weighted by Crippen LogP contribution is 2.14. The second-order valence-corrected chi connectivity index (χ2v) is 2.61. The van der Waals surface area contributed by atoms with Crippen LogP contribution in [0.5, 0.6) is 0 Å². The summed E-state index contributed by atoms with van der Waals surface area (Å²) in [6, 6.07) is 5.18. The van der Waals surface area contributed by atoms with Crippen molar-refractivity contribution in [1.29, 1.82) is 0 Å². The standard InChI is InChI=1S/C9H10FNO/c1-6(12)9(11)7-4-2-3-5-8(7)10/h2-5,9H,11H2,1H3/t9-/m0/s1. The average molecular weight is 167 g/mol. The van der Waals surface area contributed by atoms with Crippen LogP contribution in [0.4, 0.5) is 4.39 Å². The Balaban J connectivity index is 3.02. The normalized spacial score (nSPS) is 12.6. The lowest BCUT2D eigenvalue weighted by molar-refractivity contribution is -0.118. The van der Waals surface area contributed by atoms with Gasteiger partial charge in [-0.05, 0) is 13.0 Å². The Hall–Kier alpha value is -1.22. The van der Waals surface area contributed by atoms with Crippen molar-refractivity contribution < 1.29 is 9.18 Å². The van der Waals surface area contributed by atoms with E-state index in [1.165, 1.54) is 19.1 Å². The maximum absolute atomic E-state index is 13.0. The fourth-order valence-electron chi connectivity index (χ4n) is 0.946. The molecule has 0 aliphatic heterocycles. The van der Waals surface area contributed by atoms with Crippen LogP contribution in [-0.2, 0) is 4.79 Å². The summed E-state index contributed by atoms with van der Waals surface area (Å²) in [4.78, 5) is 10.8. The number of nitrogens with two attached hydrogens (primary N) is 1. The van der Waals surface area contributed by atoms with Gasteiger partial charge in [0.2, 0.25) is 0 Å². The number of Topliss-reactive ketones (excluding diaryl/α,β-unsaturated/α-hetero) is 1. The Morgan fingerprint density at radius 2 is 2.08 bits per heavy atom. The smallest absolute Gasteiger partial charge is 0.151 e. The minimum Gasteiger partial charge on any atom is -0.318 e. The van der Waals surface area contributed by atoms with Gasteiger partial charge in [-0.15, -0.1) is 0 Å². The van der Waals surface area contributed by atoms with E-state index in [1.807, 2.05) is 0 Å². The third-order valence-electron chi connectivity index (χ3n) is 1.68. The molecule has 0 unspecified atom stereocenters. The Morgan fingerprint density at radius 1 is 1.50 bits per heavy atom. The zero-order valence-electron chi connectivity index (χ0n) is 6.75. The van der Waals surface area contributed by atoms with Crippen LogP contribution >= 0.6 is 0 Å². The average Bonchev–Trinajstić information content (AvgIpc) is 2.04. The van der Waals surface area contributed by atoms with Gasteiger partial charge in [0, 0.05) is 5.56 Å². The molecule has 0 aliphatic rings. The molecule has 0 radical (unpaired) electrons. The van der Waals surface area contributed by atoms with Crippen LogP contribution in [-0.4, -0.2) is 5.78 Å². The number of halogens is 1. The number of rotatable bonds is 2. The number of ketones is 1. The lowest BCUT2D eigenvalue weighted by atomic mass is 10.0. The number of hydrogen-bond acceptors (Lipinski definition) is 2. The van der Waals surface area contributed by atoms with Crippen LogP contribution in [0.1, 0.15) is 18.5 Å². The molecule has 1 aromatic rings. The highest BCUT2D eigenvalue weighted by molar-refractivity contribution is 5.82. The van der Waals surface area contributed by atoms with Crippen molar-refractivity contribution in [3.8, 4) is 0 Å². The molecule has 2 nitrogen and oxygen atoms in total. The first kappa shape index (κ1) is 8.87. The first-order valence-electron chi connectivity index (χ1n) is 3.63. The molecule has 1 atom stereocenters. The lowest BCUT2D eigenvalue weighted by Gasteiger charge is -2.07. The van der Waals surface area contributed by atoms with E-state index in [0.717, 1.165) is 0 Å². The van der Waals surface area contributed by atoms with E-state index in [1.54, 1.807) is 12.1 Å². The van der Waals surface area contributed by atoms with Crippen LogP contribution in [0, 0.1) is 5.82 Å². The second kappa shape index (κ2) is 3.45. The monoisotopic (exact) mass is 167 g/mol. The summed E-state index contributed by atoms with van der Waals surface area (Å²) in [6.07, 6.45) is 0. The molecular formula is C9H10FNO. The van der Waals surface area contributed by atoms with Crippen LogP contribution in [0.2, 0.25) is 0 Å². The molecule has 0 saturated carbocycles. The maximum Gasteiger partial charge on any atom is 0.151 e. The van der Waals surface area contributed by atoms with Crippen LogP contribution in [0.15, 0.2) is 24.3 Å². The van der Waals surface area contributed by atoms with E-state index in [0.29, 0.717) is 0 Å². The highest BCUT2D eigenvalue weighted by atomic mass is 19.1. The molecule has 1 rings (SSSR count). The van der Waals surface area contributed by atoms with Gasteiger partial charge >= 0.3 is 0 Å². The number of benzene rings is 1. The molecular weight excluding hydrogens is 157 g/mol. The fourth-order valence-corrected chi connectivity index (χ4v) is 0.946. The van der Waals surface area contributed by atoms with Gasteiger partial charge in [0.1, 0.15) is 5.82 Å². The number of carbonyl (C=O) groups excluding carboxylic acids is 1. The molecule has 0 aromatic heterocycles. The fraction of sp³-hybridized carbons (Fsp3) is 0.222. The van der Waals surface area contributed by atoms with Gasteiger partial charge in [-0.25, -0.2) is 4.39 Å². The van der Waals surface area contributed by atoms with Gasteiger partial charge in [0.15, 0.2) is 5.78 Å². The summed E-state index contributed by atoms with van der Waals surface area (Å²) in [5, 5.41) is 0. The summed E-state index contributed by atoms with van der Waals surface area (Å²) in [7, 11) is 0.